The third-order valence-electron chi connectivity index (χ3n) is 9.98. The Morgan fingerprint density at radius 2 is 1.86 bits per heavy atom. The molecule has 6 rings (SSSR count). The number of nitrogens with one attached hydrogen (secondary N) is 2. The number of rotatable bonds is 13. The van der Waals surface area contributed by atoms with Crippen molar-refractivity contribution >= 4 is 46.3 Å². The van der Waals surface area contributed by atoms with E-state index in [1.165, 1.54) is 29.4 Å². The van der Waals surface area contributed by atoms with E-state index in [0.29, 0.717) is 79.1 Å². The highest BCUT2D eigenvalue weighted by atomic mass is 19.4. The molecular formula is C38H42F6N10O3. The fourth-order valence-corrected chi connectivity index (χ4v) is 7.24. The number of aromatic nitrogens is 4. The Bertz CT molecular complexity index is 2220. The molecule has 0 bridgehead atoms. The molecular weight excluding hydrogens is 758 g/mol. The predicted molar refractivity (Wildman–Crippen MR) is 205 cm³/mol. The number of hydrogen-bond acceptors (Lipinski definition) is 9. The number of nitrogens with zero attached hydrogens (tertiary/aromatic N) is 7. The van der Waals surface area contributed by atoms with Gasteiger partial charge in [0.25, 0.3) is 0 Å². The molecule has 13 nitrogen and oxygen atoms in total. The highest BCUT2D eigenvalue weighted by molar-refractivity contribution is 6.01. The number of alkyl halides is 6. The number of aliphatic imine (C=N–C) groups is 2. The highest BCUT2D eigenvalue weighted by Crippen LogP contribution is 2.41. The molecule has 304 valence electrons. The van der Waals surface area contributed by atoms with Crippen LogP contribution in [-0.2, 0) is 15.7 Å². The topological polar surface area (TPSA) is 167 Å². The molecule has 2 aliphatic heterocycles. The summed E-state index contributed by atoms with van der Waals surface area (Å²) in [5.74, 6) is 1.00. The first-order valence-corrected chi connectivity index (χ1v) is 18.5. The molecule has 1 saturated heterocycles. The summed E-state index contributed by atoms with van der Waals surface area (Å²) in [4.78, 5) is 51.6. The first-order chi connectivity index (χ1) is 27.1. The van der Waals surface area contributed by atoms with E-state index < -0.39 is 41.7 Å². The molecule has 0 spiro atoms. The van der Waals surface area contributed by atoms with Gasteiger partial charge >= 0.3 is 12.4 Å². The molecule has 1 fully saturated rings. The molecule has 4 aromatic rings. The SMILES string of the molecule is CCN1C(=O)CNc2ncc(-c3ccc(C(N)=NC=NCCCCCOC(C4CC[C@H](C)N4c4ccc5[nH]c(=O)cc(C(F)(F)F)c5c4)C(F)(F)F)nc3C)nc21. The second-order valence-corrected chi connectivity index (χ2v) is 13.9. The maximum Gasteiger partial charge on any atom is 0.417 e. The quantitative estimate of drug-likeness (QED) is 0.0601. The predicted octanol–water partition coefficient (Wildman–Crippen LogP) is 6.39. The Hall–Kier alpha value is -5.59. The van der Waals surface area contributed by atoms with Crippen LogP contribution in [0.5, 0.6) is 0 Å². The number of aryl methyl sites for hydroxylation is 1. The number of amidine groups is 1. The number of H-pyrrole nitrogens is 1. The normalized spacial score (nSPS) is 18.4. The molecule has 4 N–H and O–H groups in total. The molecule has 57 heavy (non-hydrogen) atoms. The molecule has 19 heteroatoms. The van der Waals surface area contributed by atoms with Gasteiger partial charge in [0.1, 0.15) is 12.0 Å². The lowest BCUT2D eigenvalue weighted by atomic mass is 10.0. The number of ether oxygens (including phenoxy) is 1. The van der Waals surface area contributed by atoms with Crippen LogP contribution >= 0.6 is 0 Å². The van der Waals surface area contributed by atoms with Crippen molar-refractivity contribution < 1.29 is 35.9 Å². The number of aromatic amines is 1. The van der Waals surface area contributed by atoms with Gasteiger partial charge in [0, 0.05) is 59.7 Å². The smallest absolute Gasteiger partial charge is 0.382 e. The number of hydrogen-bond donors (Lipinski definition) is 3. The molecule has 1 aromatic carbocycles. The number of likely N-dealkylation sites (N-methyl/N-ethyl adjacent to an activating group) is 1. The average molecular weight is 801 g/mol. The van der Waals surface area contributed by atoms with E-state index in [9.17, 15) is 35.9 Å². The molecule has 5 heterocycles. The van der Waals surface area contributed by atoms with Gasteiger partial charge in [0.15, 0.2) is 23.6 Å². The fraction of sp³-hybridized carbons (Fsp3) is 0.447. The van der Waals surface area contributed by atoms with Crippen molar-refractivity contribution in [1.29, 1.82) is 0 Å². The van der Waals surface area contributed by atoms with Crippen molar-refractivity contribution in [1.82, 2.24) is 19.9 Å². The van der Waals surface area contributed by atoms with Crippen molar-refractivity contribution in [3.8, 4) is 11.3 Å². The molecule has 0 radical (unpaired) electrons. The van der Waals surface area contributed by atoms with Crippen LogP contribution in [0.15, 0.2) is 57.4 Å². The average Bonchev–Trinajstić information content (AvgIpc) is 3.53. The molecule has 3 atom stereocenters. The van der Waals surface area contributed by atoms with Crippen LogP contribution in [0.2, 0.25) is 0 Å². The summed E-state index contributed by atoms with van der Waals surface area (Å²) >= 11 is 0. The Morgan fingerprint density at radius 1 is 1.07 bits per heavy atom. The van der Waals surface area contributed by atoms with Crippen molar-refractivity contribution in [3.05, 3.63) is 69.9 Å². The van der Waals surface area contributed by atoms with Gasteiger partial charge in [-0.2, -0.15) is 26.3 Å². The summed E-state index contributed by atoms with van der Waals surface area (Å²) in [6, 6.07) is 6.24. The molecule has 3 aromatic heterocycles. The summed E-state index contributed by atoms with van der Waals surface area (Å²) < 4.78 is 90.1. The minimum atomic E-state index is -4.84. The largest absolute Gasteiger partial charge is 0.417 e. The van der Waals surface area contributed by atoms with Gasteiger partial charge in [-0.25, -0.2) is 19.9 Å². The van der Waals surface area contributed by atoms with Crippen molar-refractivity contribution in [2.75, 3.05) is 41.4 Å². The lowest BCUT2D eigenvalue weighted by molar-refractivity contribution is -0.226. The highest BCUT2D eigenvalue weighted by Gasteiger charge is 2.50. The van der Waals surface area contributed by atoms with Crippen molar-refractivity contribution in [3.63, 3.8) is 0 Å². The van der Waals surface area contributed by atoms with E-state index >= 15 is 0 Å². The number of pyridine rings is 2. The van der Waals surface area contributed by atoms with E-state index in [1.54, 1.807) is 37.1 Å². The van der Waals surface area contributed by atoms with Gasteiger partial charge in [-0.05, 0) is 83.2 Å². The van der Waals surface area contributed by atoms with Crippen LogP contribution in [0, 0.1) is 6.92 Å². The third kappa shape index (κ3) is 9.19. The minimum Gasteiger partial charge on any atom is -0.382 e. The number of anilines is 3. The lowest BCUT2D eigenvalue weighted by Crippen LogP contribution is -2.50. The number of halogens is 6. The van der Waals surface area contributed by atoms with Crippen LogP contribution < -0.4 is 26.4 Å². The second kappa shape index (κ2) is 16.9. The van der Waals surface area contributed by atoms with Crippen LogP contribution in [0.3, 0.4) is 0 Å². The lowest BCUT2D eigenvalue weighted by Gasteiger charge is -2.36. The molecule has 1 amide bonds. The molecule has 0 saturated carbocycles. The van der Waals surface area contributed by atoms with Gasteiger partial charge in [-0.1, -0.05) is 0 Å². The zero-order valence-corrected chi connectivity index (χ0v) is 31.4. The minimum absolute atomic E-state index is 0.0661. The summed E-state index contributed by atoms with van der Waals surface area (Å²) in [6.07, 6.45) is -6.94. The molecule has 0 aliphatic carbocycles. The first-order valence-electron chi connectivity index (χ1n) is 18.5. The second-order valence-electron chi connectivity index (χ2n) is 13.9. The number of nitrogens with two attached hydrogens (primary N) is 1. The van der Waals surface area contributed by atoms with Gasteiger partial charge in [0.05, 0.1) is 30.0 Å². The maximum absolute atomic E-state index is 14.4. The summed E-state index contributed by atoms with van der Waals surface area (Å²) in [7, 11) is 0. The standard InChI is InChI=1S/C38H42F6N10O3/c1-4-53-32(56)19-48-35-36(53)52-29(18-47-35)24-10-12-28(50-22(24)3)34(45)49-20-46-14-6-5-7-15-57-33(38(42,43)44)30-13-8-21(2)54(30)23-9-11-27-25(16-23)26(37(39,40)41)17-31(55)51-27/h9-12,16-18,20-21,30,33H,4-8,13-15,19H2,1-3H3,(H,47,48)(H,51,55)(H2,45,46,49)/t21-,30?,33?/m0/s1. The Morgan fingerprint density at radius 3 is 2.58 bits per heavy atom. The summed E-state index contributed by atoms with van der Waals surface area (Å²) in [6.45, 7) is 6.14. The molecule has 2 unspecified atom stereocenters. The van der Waals surface area contributed by atoms with E-state index in [1.807, 2.05) is 6.92 Å². The van der Waals surface area contributed by atoms with Gasteiger partial charge in [-0.3, -0.25) is 19.5 Å². The van der Waals surface area contributed by atoms with Crippen molar-refractivity contribution in [2.45, 2.75) is 83.4 Å². The Labute approximate surface area is 323 Å². The Kier molecular flexibility index (Phi) is 12.2. The number of unbranched alkanes of at least 4 members (excludes halogenated alkanes) is 2. The zero-order valence-electron chi connectivity index (χ0n) is 31.4. The summed E-state index contributed by atoms with van der Waals surface area (Å²) in [5, 5.41) is 2.66. The number of benzene rings is 1. The van der Waals surface area contributed by atoms with Gasteiger partial charge in [-0.15, -0.1) is 0 Å². The van der Waals surface area contributed by atoms with Crippen LogP contribution in [0.1, 0.15) is 62.9 Å². The monoisotopic (exact) mass is 800 g/mol. The third-order valence-corrected chi connectivity index (χ3v) is 9.98. The van der Waals surface area contributed by atoms with Crippen molar-refractivity contribution in [2.24, 2.45) is 15.7 Å². The maximum atomic E-state index is 14.4. The summed E-state index contributed by atoms with van der Waals surface area (Å²) in [5.41, 5.74) is 6.44. The number of fused-ring (bicyclic) bond motifs is 2. The number of carbonyl (C=O) groups is 1. The van der Waals surface area contributed by atoms with E-state index in [-0.39, 0.29) is 47.9 Å². The van der Waals surface area contributed by atoms with E-state index in [2.05, 4.69) is 35.2 Å². The number of carbonyl (C=O) groups excluding carboxylic acids is 1. The van der Waals surface area contributed by atoms with Gasteiger partial charge < -0.3 is 25.7 Å². The fourth-order valence-electron chi connectivity index (χ4n) is 7.24. The molecule has 2 aliphatic rings. The van der Waals surface area contributed by atoms with Crippen LogP contribution in [0.25, 0.3) is 22.2 Å². The first kappa shape index (κ1) is 41.1. The Balaban J connectivity index is 1.01. The van der Waals surface area contributed by atoms with Gasteiger partial charge in [0.2, 0.25) is 11.5 Å². The van der Waals surface area contributed by atoms with Crippen LogP contribution in [-0.4, -0.2) is 88.6 Å². The number of amides is 1. The van der Waals surface area contributed by atoms with Crippen LogP contribution in [0.4, 0.5) is 43.7 Å². The van der Waals surface area contributed by atoms with E-state index in [0.717, 1.165) is 0 Å². The zero-order chi connectivity index (χ0) is 41.1. The van der Waals surface area contributed by atoms with E-state index in [4.69, 9.17) is 10.5 Å².